The van der Waals surface area contributed by atoms with Gasteiger partial charge >= 0.3 is 0 Å². The van der Waals surface area contributed by atoms with Crippen LogP contribution in [0.1, 0.15) is 37.8 Å². The number of ether oxygens (including phenoxy) is 1. The van der Waals surface area contributed by atoms with Crippen LogP contribution in [-0.4, -0.2) is 24.9 Å². The molecule has 2 rings (SSSR count). The third kappa shape index (κ3) is 3.47. The van der Waals surface area contributed by atoms with Gasteiger partial charge in [0.25, 0.3) is 0 Å². The van der Waals surface area contributed by atoms with Crippen LogP contribution in [-0.2, 0) is 0 Å². The Labute approximate surface area is 109 Å². The lowest BCUT2D eigenvalue weighted by Gasteiger charge is -2.20. The molecule has 0 spiro atoms. The molecule has 3 heteroatoms. The first-order valence-electron chi connectivity index (χ1n) is 6.80. The fourth-order valence-electron chi connectivity index (χ4n) is 2.24. The molecule has 0 heterocycles. The first kappa shape index (κ1) is 13.4. The summed E-state index contributed by atoms with van der Waals surface area (Å²) in [5.41, 5.74) is 1.25. The fourth-order valence-corrected chi connectivity index (χ4v) is 2.24. The third-order valence-corrected chi connectivity index (χ3v) is 3.67. The molecule has 2 atom stereocenters. The zero-order valence-electron chi connectivity index (χ0n) is 11.2. The molecule has 1 aliphatic carbocycles. The van der Waals surface area contributed by atoms with E-state index in [1.165, 1.54) is 18.4 Å². The molecule has 100 valence electrons. The Balaban J connectivity index is 1.89. The molecule has 2 unspecified atom stereocenters. The first-order valence-corrected chi connectivity index (χ1v) is 6.80. The summed E-state index contributed by atoms with van der Waals surface area (Å²) in [7, 11) is 1.68. The van der Waals surface area contributed by atoms with E-state index in [1.54, 1.807) is 7.11 Å². The topological polar surface area (TPSA) is 41.5 Å². The van der Waals surface area contributed by atoms with Gasteiger partial charge in [0.05, 0.1) is 13.2 Å². The van der Waals surface area contributed by atoms with E-state index in [2.05, 4.69) is 24.4 Å². The standard InChI is InChI=1S/C15H23NO2/c1-3-14(16-10-15(17)12-4-5-12)11-6-8-13(18-2)9-7-11/h6-9,12,14-17H,3-5,10H2,1-2H3. The second-order valence-corrected chi connectivity index (χ2v) is 5.05. The molecule has 1 fully saturated rings. The van der Waals surface area contributed by atoms with Crippen molar-refractivity contribution in [2.24, 2.45) is 5.92 Å². The third-order valence-electron chi connectivity index (χ3n) is 3.67. The predicted octanol–water partition coefficient (Wildman–Crippen LogP) is 2.51. The van der Waals surface area contributed by atoms with Crippen LogP contribution >= 0.6 is 0 Å². The summed E-state index contributed by atoms with van der Waals surface area (Å²) in [4.78, 5) is 0. The predicted molar refractivity (Wildman–Crippen MR) is 72.8 cm³/mol. The van der Waals surface area contributed by atoms with Gasteiger partial charge in [-0.25, -0.2) is 0 Å². The smallest absolute Gasteiger partial charge is 0.118 e. The molecule has 3 nitrogen and oxygen atoms in total. The quantitative estimate of drug-likeness (QED) is 0.780. The molecule has 0 bridgehead atoms. The minimum atomic E-state index is -0.183. The van der Waals surface area contributed by atoms with Crippen LogP contribution in [0.5, 0.6) is 5.75 Å². The van der Waals surface area contributed by atoms with Gasteiger partial charge in [-0.1, -0.05) is 19.1 Å². The summed E-state index contributed by atoms with van der Waals surface area (Å²) < 4.78 is 5.16. The zero-order chi connectivity index (χ0) is 13.0. The van der Waals surface area contributed by atoms with Crippen molar-refractivity contribution in [3.63, 3.8) is 0 Å². The van der Waals surface area contributed by atoms with Crippen LogP contribution in [0.25, 0.3) is 0 Å². The van der Waals surface area contributed by atoms with Crippen molar-refractivity contribution in [1.82, 2.24) is 5.32 Å². The Morgan fingerprint density at radius 3 is 2.50 bits per heavy atom. The van der Waals surface area contributed by atoms with Gasteiger partial charge in [0.1, 0.15) is 5.75 Å². The summed E-state index contributed by atoms with van der Waals surface area (Å²) in [5.74, 6) is 1.41. The van der Waals surface area contributed by atoms with Gasteiger partial charge in [-0.2, -0.15) is 0 Å². The van der Waals surface area contributed by atoms with Crippen LogP contribution in [0.15, 0.2) is 24.3 Å². The van der Waals surface area contributed by atoms with Gasteiger partial charge in [0, 0.05) is 12.6 Å². The summed E-state index contributed by atoms with van der Waals surface area (Å²) in [5, 5.41) is 13.3. The van der Waals surface area contributed by atoms with Crippen molar-refractivity contribution in [3.05, 3.63) is 29.8 Å². The Morgan fingerprint density at radius 2 is 2.00 bits per heavy atom. The van der Waals surface area contributed by atoms with Crippen molar-refractivity contribution in [1.29, 1.82) is 0 Å². The molecule has 0 radical (unpaired) electrons. The van der Waals surface area contributed by atoms with Crippen molar-refractivity contribution in [2.45, 2.75) is 38.3 Å². The Bertz CT molecular complexity index is 359. The highest BCUT2D eigenvalue weighted by Gasteiger charge is 2.29. The van der Waals surface area contributed by atoms with E-state index in [0.717, 1.165) is 12.2 Å². The highest BCUT2D eigenvalue weighted by atomic mass is 16.5. The van der Waals surface area contributed by atoms with Crippen molar-refractivity contribution in [2.75, 3.05) is 13.7 Å². The second kappa shape index (κ2) is 6.21. The molecule has 1 aliphatic rings. The van der Waals surface area contributed by atoms with E-state index in [0.29, 0.717) is 18.5 Å². The summed E-state index contributed by atoms with van der Waals surface area (Å²) in [6, 6.07) is 8.45. The number of rotatable bonds is 7. The van der Waals surface area contributed by atoms with E-state index in [4.69, 9.17) is 4.74 Å². The maximum atomic E-state index is 9.88. The molecule has 1 saturated carbocycles. The first-order chi connectivity index (χ1) is 8.74. The number of benzene rings is 1. The number of aliphatic hydroxyl groups is 1. The zero-order valence-corrected chi connectivity index (χ0v) is 11.2. The van der Waals surface area contributed by atoms with Gasteiger partial charge in [0.2, 0.25) is 0 Å². The number of methoxy groups -OCH3 is 1. The summed E-state index contributed by atoms with van der Waals surface area (Å²) >= 11 is 0. The summed E-state index contributed by atoms with van der Waals surface area (Å²) in [6.07, 6.45) is 3.20. The Kier molecular flexibility index (Phi) is 4.61. The van der Waals surface area contributed by atoms with Crippen molar-refractivity contribution < 1.29 is 9.84 Å². The maximum Gasteiger partial charge on any atom is 0.118 e. The largest absolute Gasteiger partial charge is 0.497 e. The number of aliphatic hydroxyl groups excluding tert-OH is 1. The Morgan fingerprint density at radius 1 is 1.33 bits per heavy atom. The van der Waals surface area contributed by atoms with Gasteiger partial charge in [-0.15, -0.1) is 0 Å². The molecule has 0 aliphatic heterocycles. The van der Waals surface area contributed by atoms with Gasteiger partial charge in [-0.05, 0) is 42.9 Å². The second-order valence-electron chi connectivity index (χ2n) is 5.05. The molecule has 0 aromatic heterocycles. The SMILES string of the molecule is CCC(NCC(O)C1CC1)c1ccc(OC)cc1. The van der Waals surface area contributed by atoms with E-state index in [1.807, 2.05) is 12.1 Å². The molecule has 2 N–H and O–H groups in total. The van der Waals surface area contributed by atoms with Crippen LogP contribution in [0, 0.1) is 5.92 Å². The lowest BCUT2D eigenvalue weighted by Crippen LogP contribution is -2.31. The fraction of sp³-hybridized carbons (Fsp3) is 0.600. The van der Waals surface area contributed by atoms with Crippen molar-refractivity contribution in [3.8, 4) is 5.75 Å². The molecule has 0 amide bonds. The average molecular weight is 249 g/mol. The molecule has 1 aromatic carbocycles. The summed E-state index contributed by atoms with van der Waals surface area (Å²) in [6.45, 7) is 2.85. The van der Waals surface area contributed by atoms with Gasteiger partial charge < -0.3 is 15.2 Å². The maximum absolute atomic E-state index is 9.88. The van der Waals surface area contributed by atoms with Crippen LogP contribution < -0.4 is 10.1 Å². The van der Waals surface area contributed by atoms with E-state index in [-0.39, 0.29) is 6.10 Å². The van der Waals surface area contributed by atoms with Crippen LogP contribution in [0.4, 0.5) is 0 Å². The lowest BCUT2D eigenvalue weighted by molar-refractivity contribution is 0.144. The lowest BCUT2D eigenvalue weighted by atomic mass is 10.0. The number of hydrogen-bond donors (Lipinski definition) is 2. The minimum absolute atomic E-state index is 0.183. The van der Waals surface area contributed by atoms with E-state index >= 15 is 0 Å². The monoisotopic (exact) mass is 249 g/mol. The van der Waals surface area contributed by atoms with Gasteiger partial charge in [0.15, 0.2) is 0 Å². The highest BCUT2D eigenvalue weighted by Crippen LogP contribution is 2.32. The van der Waals surface area contributed by atoms with Crippen LogP contribution in [0.3, 0.4) is 0 Å². The molecule has 18 heavy (non-hydrogen) atoms. The Hall–Kier alpha value is -1.06. The van der Waals surface area contributed by atoms with Gasteiger partial charge in [-0.3, -0.25) is 0 Å². The average Bonchev–Trinajstić information content (AvgIpc) is 3.24. The normalized spacial score (nSPS) is 18.4. The van der Waals surface area contributed by atoms with Crippen LogP contribution in [0.2, 0.25) is 0 Å². The van der Waals surface area contributed by atoms with Crippen molar-refractivity contribution >= 4 is 0 Å². The van der Waals surface area contributed by atoms with E-state index in [9.17, 15) is 5.11 Å². The molecular weight excluding hydrogens is 226 g/mol. The number of hydrogen-bond acceptors (Lipinski definition) is 3. The minimum Gasteiger partial charge on any atom is -0.497 e. The number of nitrogens with one attached hydrogen (secondary N) is 1. The van der Waals surface area contributed by atoms with E-state index < -0.39 is 0 Å². The molecular formula is C15H23NO2. The highest BCUT2D eigenvalue weighted by molar-refractivity contribution is 5.29. The molecule has 1 aromatic rings. The molecule has 0 saturated heterocycles.